The molecule has 0 bridgehead atoms. The van der Waals surface area contributed by atoms with E-state index in [9.17, 15) is 9.59 Å². The van der Waals surface area contributed by atoms with Gasteiger partial charge in [-0.3, -0.25) is 4.79 Å². The Balaban J connectivity index is 3.43. The van der Waals surface area contributed by atoms with Gasteiger partial charge in [0.1, 0.15) is 0 Å². The van der Waals surface area contributed by atoms with Crippen molar-refractivity contribution in [3.8, 4) is 6.07 Å². The number of nitrogens with zero attached hydrogens (tertiary/aromatic N) is 1. The molecule has 4 nitrogen and oxygen atoms in total. The summed E-state index contributed by atoms with van der Waals surface area (Å²) in [4.78, 5) is 22.0. The smallest absolute Gasteiger partial charge is 0.339 e. The predicted octanol–water partition coefficient (Wildman–Crippen LogP) is 1.92. The van der Waals surface area contributed by atoms with Gasteiger partial charge in [-0.2, -0.15) is 5.26 Å². The lowest BCUT2D eigenvalue weighted by molar-refractivity contribution is 0.0599. The van der Waals surface area contributed by atoms with E-state index in [0.29, 0.717) is 6.29 Å². The normalized spacial score (nSPS) is 9.13. The van der Waals surface area contributed by atoms with Crippen molar-refractivity contribution in [3.05, 3.63) is 33.3 Å². The molecule has 0 aliphatic carbocycles. The first-order valence-corrected chi connectivity index (χ1v) is 4.71. The van der Waals surface area contributed by atoms with Crippen molar-refractivity contribution in [2.24, 2.45) is 0 Å². The number of rotatable bonds is 2. The lowest BCUT2D eigenvalue weighted by atomic mass is 10.1. The van der Waals surface area contributed by atoms with E-state index in [1.807, 2.05) is 6.07 Å². The number of hydrogen-bond acceptors (Lipinski definition) is 4. The van der Waals surface area contributed by atoms with Crippen molar-refractivity contribution in [1.82, 2.24) is 0 Å². The van der Waals surface area contributed by atoms with E-state index >= 15 is 0 Å². The number of nitriles is 1. The molecule has 0 aliphatic heterocycles. The highest BCUT2D eigenvalue weighted by molar-refractivity contribution is 9.10. The van der Waals surface area contributed by atoms with Gasteiger partial charge in [0.25, 0.3) is 0 Å². The molecule has 1 aromatic carbocycles. The van der Waals surface area contributed by atoms with Gasteiger partial charge in [-0.05, 0) is 28.1 Å². The zero-order valence-corrected chi connectivity index (χ0v) is 9.37. The van der Waals surface area contributed by atoms with E-state index in [-0.39, 0.29) is 21.2 Å². The van der Waals surface area contributed by atoms with E-state index in [1.165, 1.54) is 19.2 Å². The Morgan fingerprint density at radius 3 is 2.73 bits per heavy atom. The highest BCUT2D eigenvalue weighted by Gasteiger charge is 2.16. The van der Waals surface area contributed by atoms with Crippen LogP contribution in [0.3, 0.4) is 0 Å². The van der Waals surface area contributed by atoms with Crippen LogP contribution in [0.25, 0.3) is 0 Å². The molecular weight excluding hydrogens is 262 g/mol. The summed E-state index contributed by atoms with van der Waals surface area (Å²) >= 11 is 3.09. The molecule has 0 saturated carbocycles. The number of carbonyl (C=O) groups is 2. The van der Waals surface area contributed by atoms with Crippen LogP contribution in [-0.4, -0.2) is 19.4 Å². The number of benzene rings is 1. The lowest BCUT2D eigenvalue weighted by Crippen LogP contribution is -2.05. The Morgan fingerprint density at radius 2 is 2.27 bits per heavy atom. The van der Waals surface area contributed by atoms with Crippen LogP contribution >= 0.6 is 15.9 Å². The second kappa shape index (κ2) is 4.71. The molecule has 76 valence electrons. The average molecular weight is 268 g/mol. The molecule has 5 heteroatoms. The molecule has 0 aromatic heterocycles. The van der Waals surface area contributed by atoms with Crippen molar-refractivity contribution in [2.75, 3.05) is 7.11 Å². The fraction of sp³-hybridized carbons (Fsp3) is 0.100. The van der Waals surface area contributed by atoms with E-state index in [1.54, 1.807) is 0 Å². The first kappa shape index (κ1) is 11.4. The van der Waals surface area contributed by atoms with E-state index in [2.05, 4.69) is 20.7 Å². The number of halogens is 1. The maximum atomic E-state index is 11.3. The zero-order valence-electron chi connectivity index (χ0n) is 7.78. The van der Waals surface area contributed by atoms with Gasteiger partial charge in [-0.1, -0.05) is 0 Å². The Hall–Kier alpha value is -1.67. The van der Waals surface area contributed by atoms with Crippen LogP contribution in [0.15, 0.2) is 16.6 Å². The molecular formula is C10H6BrNO3. The lowest BCUT2D eigenvalue weighted by Gasteiger charge is -2.05. The summed E-state index contributed by atoms with van der Waals surface area (Å²) in [5.41, 5.74) is 0.587. The van der Waals surface area contributed by atoms with E-state index in [0.717, 1.165) is 0 Å². The van der Waals surface area contributed by atoms with Crippen LogP contribution in [0.5, 0.6) is 0 Å². The van der Waals surface area contributed by atoms with Gasteiger partial charge in [-0.15, -0.1) is 0 Å². The van der Waals surface area contributed by atoms with Gasteiger partial charge < -0.3 is 4.74 Å². The maximum Gasteiger partial charge on any atom is 0.339 e. The topological polar surface area (TPSA) is 67.2 Å². The predicted molar refractivity (Wildman–Crippen MR) is 55.6 cm³/mol. The third-order valence-electron chi connectivity index (χ3n) is 1.82. The number of ether oxygens (including phenoxy) is 1. The van der Waals surface area contributed by atoms with Gasteiger partial charge in [-0.25, -0.2) is 4.79 Å². The summed E-state index contributed by atoms with van der Waals surface area (Å²) in [5, 5.41) is 8.71. The number of methoxy groups -OCH3 is 1. The van der Waals surface area contributed by atoms with Crippen molar-refractivity contribution >= 4 is 28.2 Å². The van der Waals surface area contributed by atoms with Crippen molar-refractivity contribution in [2.45, 2.75) is 0 Å². The molecule has 0 spiro atoms. The third kappa shape index (κ3) is 2.05. The summed E-state index contributed by atoms with van der Waals surface area (Å²) in [5.74, 6) is -0.561. The van der Waals surface area contributed by atoms with Crippen LogP contribution in [-0.2, 0) is 4.74 Å². The van der Waals surface area contributed by atoms with Gasteiger partial charge >= 0.3 is 5.97 Å². The van der Waals surface area contributed by atoms with Crippen LogP contribution in [0.1, 0.15) is 26.3 Å². The molecule has 15 heavy (non-hydrogen) atoms. The van der Waals surface area contributed by atoms with Crippen molar-refractivity contribution in [1.29, 1.82) is 5.26 Å². The molecule has 0 unspecified atom stereocenters. The summed E-state index contributed by atoms with van der Waals surface area (Å²) in [6.07, 6.45) is 0.523. The molecule has 0 saturated heterocycles. The second-order valence-electron chi connectivity index (χ2n) is 2.61. The molecule has 0 amide bonds. The van der Waals surface area contributed by atoms with Crippen molar-refractivity contribution in [3.63, 3.8) is 0 Å². The largest absolute Gasteiger partial charge is 0.465 e. The van der Waals surface area contributed by atoms with Crippen LogP contribution in [0.4, 0.5) is 0 Å². The summed E-state index contributed by atoms with van der Waals surface area (Å²) in [6.45, 7) is 0. The Kier molecular flexibility index (Phi) is 3.58. The van der Waals surface area contributed by atoms with Gasteiger partial charge in [0.2, 0.25) is 0 Å². The Labute approximate surface area is 94.6 Å². The maximum absolute atomic E-state index is 11.3. The molecule has 0 heterocycles. The van der Waals surface area contributed by atoms with Gasteiger partial charge in [0.05, 0.1) is 24.3 Å². The first-order valence-electron chi connectivity index (χ1n) is 3.91. The van der Waals surface area contributed by atoms with Crippen LogP contribution in [0.2, 0.25) is 0 Å². The SMILES string of the molecule is COC(=O)c1ccc(C#N)c(C=O)c1Br. The Bertz CT molecular complexity index is 462. The fourth-order valence-corrected chi connectivity index (χ4v) is 1.67. The fourth-order valence-electron chi connectivity index (χ4n) is 1.07. The first-order chi connectivity index (χ1) is 7.15. The van der Waals surface area contributed by atoms with Crippen LogP contribution < -0.4 is 0 Å². The van der Waals surface area contributed by atoms with E-state index in [4.69, 9.17) is 5.26 Å². The molecule has 0 atom stereocenters. The minimum atomic E-state index is -0.561. The highest BCUT2D eigenvalue weighted by atomic mass is 79.9. The van der Waals surface area contributed by atoms with Gasteiger partial charge in [0.15, 0.2) is 6.29 Å². The molecule has 0 aliphatic rings. The second-order valence-corrected chi connectivity index (χ2v) is 3.40. The minimum Gasteiger partial charge on any atom is -0.465 e. The number of hydrogen-bond donors (Lipinski definition) is 0. The monoisotopic (exact) mass is 267 g/mol. The van der Waals surface area contributed by atoms with Gasteiger partial charge in [0, 0.05) is 10.0 Å². The summed E-state index contributed by atoms with van der Waals surface area (Å²) in [7, 11) is 1.24. The number of aldehydes is 1. The number of esters is 1. The third-order valence-corrected chi connectivity index (χ3v) is 2.68. The van der Waals surface area contributed by atoms with Crippen LogP contribution in [0, 0.1) is 11.3 Å². The summed E-state index contributed by atoms with van der Waals surface area (Å²) in [6, 6.07) is 4.69. The zero-order chi connectivity index (χ0) is 11.4. The molecule has 1 aromatic rings. The molecule has 0 radical (unpaired) electrons. The van der Waals surface area contributed by atoms with E-state index < -0.39 is 5.97 Å². The Morgan fingerprint density at radius 1 is 1.60 bits per heavy atom. The average Bonchev–Trinajstić information content (AvgIpc) is 2.27. The standard InChI is InChI=1S/C10H6BrNO3/c1-15-10(14)7-3-2-6(4-12)8(5-13)9(7)11/h2-3,5H,1H3. The highest BCUT2D eigenvalue weighted by Crippen LogP contribution is 2.24. The number of carbonyl (C=O) groups excluding carboxylic acids is 2. The molecule has 1 rings (SSSR count). The summed E-state index contributed by atoms with van der Waals surface area (Å²) < 4.78 is 4.80. The molecule has 0 fully saturated rings. The van der Waals surface area contributed by atoms with Crippen molar-refractivity contribution < 1.29 is 14.3 Å². The minimum absolute atomic E-state index is 0.153. The quantitative estimate of drug-likeness (QED) is 0.607. The molecule has 0 N–H and O–H groups in total.